The summed E-state index contributed by atoms with van der Waals surface area (Å²) in [5, 5.41) is 19.1. The van der Waals surface area contributed by atoms with Crippen molar-refractivity contribution in [2.24, 2.45) is 0 Å². The highest BCUT2D eigenvalue weighted by Gasteiger charge is 2.09. The van der Waals surface area contributed by atoms with E-state index in [0.717, 1.165) is 12.1 Å². The Balaban J connectivity index is 1.95. The van der Waals surface area contributed by atoms with Crippen LogP contribution < -0.4 is 10.6 Å². The molecule has 1 aromatic heterocycles. The van der Waals surface area contributed by atoms with Gasteiger partial charge in [-0.3, -0.25) is 0 Å². The number of anilines is 1. The van der Waals surface area contributed by atoms with E-state index < -0.39 is 0 Å². The van der Waals surface area contributed by atoms with Crippen LogP contribution in [0.1, 0.15) is 19.8 Å². The smallest absolute Gasteiger partial charge is 0.319 e. The van der Waals surface area contributed by atoms with Crippen LogP contribution >= 0.6 is 11.6 Å². The van der Waals surface area contributed by atoms with E-state index in [1.807, 2.05) is 25.1 Å². The number of urea groups is 1. The highest BCUT2D eigenvalue weighted by Crippen LogP contribution is 2.20. The van der Waals surface area contributed by atoms with Gasteiger partial charge in [0, 0.05) is 12.6 Å². The first-order chi connectivity index (χ1) is 10.6. The van der Waals surface area contributed by atoms with E-state index in [2.05, 4.69) is 15.7 Å². The van der Waals surface area contributed by atoms with Crippen molar-refractivity contribution in [2.45, 2.75) is 25.8 Å². The van der Waals surface area contributed by atoms with E-state index >= 15 is 0 Å². The van der Waals surface area contributed by atoms with E-state index in [1.165, 1.54) is 0 Å². The molecule has 2 amide bonds. The molecule has 6 nitrogen and oxygen atoms in total. The van der Waals surface area contributed by atoms with Gasteiger partial charge < -0.3 is 15.7 Å². The molecule has 2 rings (SSSR count). The van der Waals surface area contributed by atoms with Crippen molar-refractivity contribution in [1.29, 1.82) is 0 Å². The molecular weight excluding hydrogens is 304 g/mol. The minimum absolute atomic E-state index is 0.00855. The van der Waals surface area contributed by atoms with Crippen LogP contribution in [0.3, 0.4) is 0 Å². The Labute approximate surface area is 134 Å². The normalized spacial score (nSPS) is 12.0. The van der Waals surface area contributed by atoms with Gasteiger partial charge in [0.1, 0.15) is 0 Å². The molecule has 118 valence electrons. The number of carbonyl (C=O) groups excluding carboxylic acids is 1. The van der Waals surface area contributed by atoms with Gasteiger partial charge >= 0.3 is 6.03 Å². The van der Waals surface area contributed by atoms with Gasteiger partial charge in [0.25, 0.3) is 0 Å². The number of carbonyl (C=O) groups is 1. The van der Waals surface area contributed by atoms with Gasteiger partial charge in [0.2, 0.25) is 0 Å². The number of amides is 2. The number of aromatic nitrogens is 2. The number of para-hydroxylation sites is 1. The van der Waals surface area contributed by atoms with Gasteiger partial charge in [-0.25, -0.2) is 9.48 Å². The maximum Gasteiger partial charge on any atom is 0.319 e. The van der Waals surface area contributed by atoms with Crippen LogP contribution in [0.25, 0.3) is 5.69 Å². The molecule has 0 bridgehead atoms. The predicted molar refractivity (Wildman–Crippen MR) is 86.5 cm³/mol. The SMILES string of the molecule is CC(CCCO)NC(=O)Nc1cnn(-c2ccccc2Cl)c1. The maximum atomic E-state index is 11.9. The zero-order valence-corrected chi connectivity index (χ0v) is 13.0. The Morgan fingerprint density at radius 2 is 2.23 bits per heavy atom. The Hall–Kier alpha value is -2.05. The molecule has 1 unspecified atom stereocenters. The van der Waals surface area contributed by atoms with E-state index in [9.17, 15) is 4.79 Å². The van der Waals surface area contributed by atoms with Crippen molar-refractivity contribution in [1.82, 2.24) is 15.1 Å². The molecule has 0 fully saturated rings. The zero-order valence-electron chi connectivity index (χ0n) is 12.3. The lowest BCUT2D eigenvalue weighted by molar-refractivity contribution is 0.245. The van der Waals surface area contributed by atoms with Gasteiger partial charge in [-0.2, -0.15) is 5.10 Å². The second kappa shape index (κ2) is 7.82. The molecule has 0 aliphatic carbocycles. The van der Waals surface area contributed by atoms with Gasteiger partial charge in [0.05, 0.1) is 28.8 Å². The molecule has 0 spiro atoms. The van der Waals surface area contributed by atoms with E-state index in [0.29, 0.717) is 17.1 Å². The highest BCUT2D eigenvalue weighted by molar-refractivity contribution is 6.32. The average molecular weight is 323 g/mol. The number of aliphatic hydroxyl groups excluding tert-OH is 1. The molecule has 22 heavy (non-hydrogen) atoms. The molecule has 0 saturated carbocycles. The Bertz CT molecular complexity index is 630. The number of halogens is 1. The van der Waals surface area contributed by atoms with E-state index in [4.69, 9.17) is 16.7 Å². The summed E-state index contributed by atoms with van der Waals surface area (Å²) in [6.07, 6.45) is 4.63. The first-order valence-electron chi connectivity index (χ1n) is 7.08. The summed E-state index contributed by atoms with van der Waals surface area (Å²) in [6.45, 7) is 2.01. The second-order valence-electron chi connectivity index (χ2n) is 4.99. The number of aliphatic hydroxyl groups is 1. The summed E-state index contributed by atoms with van der Waals surface area (Å²) in [6, 6.07) is 7.02. The summed E-state index contributed by atoms with van der Waals surface area (Å²) < 4.78 is 1.60. The Morgan fingerprint density at radius 1 is 1.45 bits per heavy atom. The van der Waals surface area contributed by atoms with Crippen LogP contribution in [0.2, 0.25) is 5.02 Å². The molecule has 0 saturated heterocycles. The van der Waals surface area contributed by atoms with Crippen LogP contribution in [0.4, 0.5) is 10.5 Å². The Kier molecular flexibility index (Phi) is 5.80. The third kappa shape index (κ3) is 4.47. The zero-order chi connectivity index (χ0) is 15.9. The van der Waals surface area contributed by atoms with Crippen molar-refractivity contribution in [3.8, 4) is 5.69 Å². The molecule has 1 atom stereocenters. The summed E-state index contributed by atoms with van der Waals surface area (Å²) in [5.74, 6) is 0. The van der Waals surface area contributed by atoms with Crippen molar-refractivity contribution in [2.75, 3.05) is 11.9 Å². The third-order valence-electron chi connectivity index (χ3n) is 3.11. The van der Waals surface area contributed by atoms with Crippen LogP contribution in [0.15, 0.2) is 36.7 Å². The van der Waals surface area contributed by atoms with Gasteiger partial charge in [-0.1, -0.05) is 23.7 Å². The molecule has 3 N–H and O–H groups in total. The molecule has 0 aliphatic heterocycles. The Morgan fingerprint density at radius 3 is 2.95 bits per heavy atom. The lowest BCUT2D eigenvalue weighted by Gasteiger charge is -2.13. The van der Waals surface area contributed by atoms with E-state index in [-0.39, 0.29) is 18.7 Å². The molecule has 0 aliphatic rings. The van der Waals surface area contributed by atoms with Gasteiger partial charge in [0.15, 0.2) is 0 Å². The first kappa shape index (κ1) is 16.3. The number of hydrogen-bond donors (Lipinski definition) is 3. The maximum absolute atomic E-state index is 11.9. The fourth-order valence-corrected chi connectivity index (χ4v) is 2.24. The molecule has 2 aromatic rings. The molecule has 1 aromatic carbocycles. The minimum Gasteiger partial charge on any atom is -0.396 e. The summed E-state index contributed by atoms with van der Waals surface area (Å²) in [7, 11) is 0. The molecular formula is C15H19ClN4O2. The number of nitrogens with zero attached hydrogens (tertiary/aromatic N) is 2. The molecule has 0 radical (unpaired) electrons. The lowest BCUT2D eigenvalue weighted by Crippen LogP contribution is -2.36. The van der Waals surface area contributed by atoms with Crippen molar-refractivity contribution < 1.29 is 9.90 Å². The fraction of sp³-hybridized carbons (Fsp3) is 0.333. The van der Waals surface area contributed by atoms with Crippen LogP contribution in [-0.4, -0.2) is 33.6 Å². The number of hydrogen-bond acceptors (Lipinski definition) is 3. The molecule has 7 heteroatoms. The quantitative estimate of drug-likeness (QED) is 0.765. The number of rotatable bonds is 6. The first-order valence-corrected chi connectivity index (χ1v) is 7.46. The van der Waals surface area contributed by atoms with Crippen LogP contribution in [0, 0.1) is 0 Å². The highest BCUT2D eigenvalue weighted by atomic mass is 35.5. The monoisotopic (exact) mass is 322 g/mol. The van der Waals surface area contributed by atoms with Gasteiger partial charge in [-0.15, -0.1) is 0 Å². The lowest BCUT2D eigenvalue weighted by atomic mass is 10.2. The van der Waals surface area contributed by atoms with Crippen molar-refractivity contribution >= 4 is 23.3 Å². The summed E-state index contributed by atoms with van der Waals surface area (Å²) in [5.41, 5.74) is 1.32. The standard InChI is InChI=1S/C15H19ClN4O2/c1-11(5-4-8-21)18-15(22)19-12-9-17-20(10-12)14-7-3-2-6-13(14)16/h2-3,6-7,9-11,21H,4-5,8H2,1H3,(H2,18,19,22). The number of nitrogens with one attached hydrogen (secondary N) is 2. The fourth-order valence-electron chi connectivity index (χ4n) is 2.02. The predicted octanol–water partition coefficient (Wildman–Crippen LogP) is 2.81. The van der Waals surface area contributed by atoms with Crippen molar-refractivity contribution in [3.05, 3.63) is 41.7 Å². The summed E-state index contributed by atoms with van der Waals surface area (Å²) in [4.78, 5) is 11.9. The topological polar surface area (TPSA) is 79.2 Å². The number of benzene rings is 1. The van der Waals surface area contributed by atoms with Crippen LogP contribution in [0.5, 0.6) is 0 Å². The van der Waals surface area contributed by atoms with Crippen LogP contribution in [-0.2, 0) is 0 Å². The molecule has 1 heterocycles. The average Bonchev–Trinajstić information content (AvgIpc) is 2.93. The summed E-state index contributed by atoms with van der Waals surface area (Å²) >= 11 is 6.11. The van der Waals surface area contributed by atoms with Crippen molar-refractivity contribution in [3.63, 3.8) is 0 Å². The van der Waals surface area contributed by atoms with E-state index in [1.54, 1.807) is 23.1 Å². The second-order valence-corrected chi connectivity index (χ2v) is 5.40. The third-order valence-corrected chi connectivity index (χ3v) is 3.43. The minimum atomic E-state index is -0.302. The largest absolute Gasteiger partial charge is 0.396 e. The van der Waals surface area contributed by atoms with Gasteiger partial charge in [-0.05, 0) is 31.9 Å².